The standard InChI is InChI=1S/C15H26N2O2/c18-12-3-9-17(10-4-12)8-2-7-16-14(19)13-11-15(13)5-1-6-15/h12-13,18H,1-11H2,(H,16,19)/t13-/m1/s1. The lowest BCUT2D eigenvalue weighted by molar-refractivity contribution is -0.123. The van der Waals surface area contributed by atoms with E-state index in [4.69, 9.17) is 0 Å². The average Bonchev–Trinajstić information content (AvgIpc) is 3.12. The first-order valence-electron chi connectivity index (χ1n) is 7.88. The summed E-state index contributed by atoms with van der Waals surface area (Å²) < 4.78 is 0. The fourth-order valence-electron chi connectivity index (χ4n) is 3.68. The molecule has 1 spiro atoms. The number of piperidine rings is 1. The molecular weight excluding hydrogens is 240 g/mol. The number of hydrogen-bond donors (Lipinski definition) is 2. The summed E-state index contributed by atoms with van der Waals surface area (Å²) >= 11 is 0. The second-order valence-electron chi connectivity index (χ2n) is 6.69. The number of rotatable bonds is 5. The third kappa shape index (κ3) is 2.95. The molecule has 108 valence electrons. The predicted molar refractivity (Wildman–Crippen MR) is 73.7 cm³/mol. The third-order valence-corrected chi connectivity index (χ3v) is 5.36. The summed E-state index contributed by atoms with van der Waals surface area (Å²) in [6.45, 7) is 3.86. The van der Waals surface area contributed by atoms with Crippen LogP contribution in [0.4, 0.5) is 0 Å². The highest BCUT2D eigenvalue weighted by Gasteiger charge is 2.60. The van der Waals surface area contributed by atoms with E-state index in [0.717, 1.165) is 51.9 Å². The van der Waals surface area contributed by atoms with Gasteiger partial charge in [-0.1, -0.05) is 6.42 Å². The van der Waals surface area contributed by atoms with Crippen LogP contribution >= 0.6 is 0 Å². The number of carbonyl (C=O) groups is 1. The van der Waals surface area contributed by atoms with E-state index in [2.05, 4.69) is 10.2 Å². The molecule has 0 aromatic rings. The number of likely N-dealkylation sites (tertiary alicyclic amines) is 1. The highest BCUT2D eigenvalue weighted by atomic mass is 16.3. The Kier molecular flexibility index (Phi) is 3.81. The lowest BCUT2D eigenvalue weighted by Crippen LogP contribution is -2.38. The zero-order valence-electron chi connectivity index (χ0n) is 11.7. The number of hydrogen-bond acceptors (Lipinski definition) is 3. The molecule has 19 heavy (non-hydrogen) atoms. The van der Waals surface area contributed by atoms with E-state index in [1.54, 1.807) is 0 Å². The Morgan fingerprint density at radius 3 is 2.63 bits per heavy atom. The van der Waals surface area contributed by atoms with Crippen LogP contribution in [0.25, 0.3) is 0 Å². The maximum absolute atomic E-state index is 12.0. The fraction of sp³-hybridized carbons (Fsp3) is 0.933. The van der Waals surface area contributed by atoms with Gasteiger partial charge in [-0.3, -0.25) is 4.79 Å². The van der Waals surface area contributed by atoms with Crippen LogP contribution in [0.3, 0.4) is 0 Å². The van der Waals surface area contributed by atoms with Gasteiger partial charge in [0.05, 0.1) is 6.10 Å². The van der Waals surface area contributed by atoms with E-state index in [1.807, 2.05) is 0 Å². The normalized spacial score (nSPS) is 30.1. The first-order chi connectivity index (χ1) is 9.20. The predicted octanol–water partition coefficient (Wildman–Crippen LogP) is 1.14. The van der Waals surface area contributed by atoms with Crippen LogP contribution in [0.15, 0.2) is 0 Å². The Labute approximate surface area is 115 Å². The zero-order chi connectivity index (χ0) is 13.3. The number of nitrogens with zero attached hydrogens (tertiary/aromatic N) is 1. The van der Waals surface area contributed by atoms with E-state index < -0.39 is 0 Å². The molecule has 0 bridgehead atoms. The zero-order valence-corrected chi connectivity index (χ0v) is 11.7. The van der Waals surface area contributed by atoms with Crippen LogP contribution in [-0.4, -0.2) is 48.2 Å². The minimum Gasteiger partial charge on any atom is -0.393 e. The summed E-state index contributed by atoms with van der Waals surface area (Å²) in [6, 6.07) is 0. The number of aliphatic hydroxyl groups excluding tert-OH is 1. The van der Waals surface area contributed by atoms with Gasteiger partial charge in [-0.15, -0.1) is 0 Å². The Morgan fingerprint density at radius 2 is 2.05 bits per heavy atom. The van der Waals surface area contributed by atoms with Crippen molar-refractivity contribution >= 4 is 5.91 Å². The highest BCUT2D eigenvalue weighted by molar-refractivity contribution is 5.82. The van der Waals surface area contributed by atoms with Crippen molar-refractivity contribution in [2.75, 3.05) is 26.2 Å². The van der Waals surface area contributed by atoms with Crippen molar-refractivity contribution in [3.8, 4) is 0 Å². The molecule has 2 aliphatic carbocycles. The Hall–Kier alpha value is -0.610. The van der Waals surface area contributed by atoms with E-state index >= 15 is 0 Å². The fourth-order valence-corrected chi connectivity index (χ4v) is 3.68. The SMILES string of the molecule is O=C(NCCCN1CCC(O)CC1)[C@H]1CC12CCC2. The average molecular weight is 266 g/mol. The van der Waals surface area contributed by atoms with Crippen molar-refractivity contribution in [2.45, 2.75) is 51.0 Å². The van der Waals surface area contributed by atoms with Crippen LogP contribution in [0, 0.1) is 11.3 Å². The van der Waals surface area contributed by atoms with Crippen LogP contribution in [-0.2, 0) is 4.79 Å². The lowest BCUT2D eigenvalue weighted by atomic mass is 9.80. The van der Waals surface area contributed by atoms with Gasteiger partial charge in [-0.05, 0) is 50.5 Å². The van der Waals surface area contributed by atoms with Gasteiger partial charge in [0, 0.05) is 25.6 Å². The third-order valence-electron chi connectivity index (χ3n) is 5.36. The molecule has 0 aromatic carbocycles. The molecule has 1 heterocycles. The van der Waals surface area contributed by atoms with Crippen LogP contribution in [0.2, 0.25) is 0 Å². The molecule has 0 aromatic heterocycles. The number of aliphatic hydroxyl groups is 1. The molecule has 1 aliphatic heterocycles. The van der Waals surface area contributed by atoms with Gasteiger partial charge in [-0.25, -0.2) is 0 Å². The van der Waals surface area contributed by atoms with E-state index in [9.17, 15) is 9.90 Å². The molecule has 4 heteroatoms. The van der Waals surface area contributed by atoms with Crippen molar-refractivity contribution < 1.29 is 9.90 Å². The molecule has 3 rings (SSSR count). The smallest absolute Gasteiger partial charge is 0.223 e. The largest absolute Gasteiger partial charge is 0.393 e. The van der Waals surface area contributed by atoms with E-state index in [1.165, 1.54) is 19.3 Å². The summed E-state index contributed by atoms with van der Waals surface area (Å²) in [6.07, 6.45) is 7.76. The number of nitrogens with one attached hydrogen (secondary N) is 1. The molecule has 0 radical (unpaired) electrons. The lowest BCUT2D eigenvalue weighted by Gasteiger charge is -2.29. The van der Waals surface area contributed by atoms with Gasteiger partial charge in [0.1, 0.15) is 0 Å². The summed E-state index contributed by atoms with van der Waals surface area (Å²) in [5.74, 6) is 0.639. The Morgan fingerprint density at radius 1 is 1.32 bits per heavy atom. The molecule has 1 saturated heterocycles. The summed E-state index contributed by atoms with van der Waals surface area (Å²) in [5.41, 5.74) is 0.451. The first-order valence-corrected chi connectivity index (χ1v) is 7.88. The highest BCUT2D eigenvalue weighted by Crippen LogP contribution is 2.65. The summed E-state index contributed by atoms with van der Waals surface area (Å²) in [4.78, 5) is 14.3. The van der Waals surface area contributed by atoms with Crippen LogP contribution in [0.5, 0.6) is 0 Å². The summed E-state index contributed by atoms with van der Waals surface area (Å²) in [7, 11) is 0. The number of amides is 1. The first kappa shape index (κ1) is 13.4. The second-order valence-corrected chi connectivity index (χ2v) is 6.69. The topological polar surface area (TPSA) is 52.6 Å². The second kappa shape index (κ2) is 5.41. The van der Waals surface area contributed by atoms with Gasteiger partial charge >= 0.3 is 0 Å². The molecule has 2 N–H and O–H groups in total. The van der Waals surface area contributed by atoms with Gasteiger partial charge in [0.2, 0.25) is 5.91 Å². The van der Waals surface area contributed by atoms with Crippen molar-refractivity contribution in [1.29, 1.82) is 0 Å². The molecular formula is C15H26N2O2. The number of carbonyl (C=O) groups excluding carboxylic acids is 1. The van der Waals surface area contributed by atoms with Crippen molar-refractivity contribution in [3.05, 3.63) is 0 Å². The minimum atomic E-state index is -0.0931. The monoisotopic (exact) mass is 266 g/mol. The molecule has 3 aliphatic rings. The summed E-state index contributed by atoms with van der Waals surface area (Å²) in [5, 5.41) is 12.5. The molecule has 1 atom stereocenters. The van der Waals surface area contributed by atoms with Crippen molar-refractivity contribution in [2.24, 2.45) is 11.3 Å². The van der Waals surface area contributed by atoms with Gasteiger partial charge in [0.25, 0.3) is 0 Å². The van der Waals surface area contributed by atoms with Crippen molar-refractivity contribution in [1.82, 2.24) is 10.2 Å². The van der Waals surface area contributed by atoms with E-state index in [0.29, 0.717) is 17.2 Å². The Bertz CT molecular complexity index is 333. The quantitative estimate of drug-likeness (QED) is 0.734. The Balaban J connectivity index is 1.26. The van der Waals surface area contributed by atoms with Gasteiger partial charge < -0.3 is 15.3 Å². The molecule has 4 nitrogen and oxygen atoms in total. The van der Waals surface area contributed by atoms with Gasteiger partial charge in [-0.2, -0.15) is 0 Å². The van der Waals surface area contributed by atoms with Crippen molar-refractivity contribution in [3.63, 3.8) is 0 Å². The van der Waals surface area contributed by atoms with E-state index in [-0.39, 0.29) is 6.10 Å². The molecule has 2 saturated carbocycles. The molecule has 0 unspecified atom stereocenters. The molecule has 3 fully saturated rings. The minimum absolute atomic E-state index is 0.0931. The van der Waals surface area contributed by atoms with Gasteiger partial charge in [0.15, 0.2) is 0 Å². The molecule has 1 amide bonds. The maximum Gasteiger partial charge on any atom is 0.223 e. The van der Waals surface area contributed by atoms with Crippen LogP contribution < -0.4 is 5.32 Å². The van der Waals surface area contributed by atoms with Crippen LogP contribution in [0.1, 0.15) is 44.9 Å². The maximum atomic E-state index is 12.0.